The first-order valence-electron chi connectivity index (χ1n) is 12.7. The van der Waals surface area contributed by atoms with Gasteiger partial charge in [-0.2, -0.15) is 0 Å². The summed E-state index contributed by atoms with van der Waals surface area (Å²) in [7, 11) is 1.46. The van der Waals surface area contributed by atoms with Gasteiger partial charge < -0.3 is 40.7 Å². The number of aryl methyl sites for hydroxylation is 1. The molecule has 0 aromatic heterocycles. The van der Waals surface area contributed by atoms with Crippen LogP contribution in [0, 0.1) is 6.92 Å². The van der Waals surface area contributed by atoms with Gasteiger partial charge in [0.05, 0.1) is 25.6 Å². The maximum atomic E-state index is 13.0. The zero-order chi connectivity index (χ0) is 29.2. The Kier molecular flexibility index (Phi) is 10.3. The van der Waals surface area contributed by atoms with E-state index in [1.165, 1.54) is 12.0 Å². The van der Waals surface area contributed by atoms with Gasteiger partial charge in [0.25, 0.3) is 0 Å². The number of carboxylic acid groups (broad SMARTS) is 2. The van der Waals surface area contributed by atoms with Crippen LogP contribution in [0.25, 0.3) is 0 Å². The molecule has 0 aliphatic carbocycles. The number of rotatable bonds is 9. The highest BCUT2D eigenvalue weighted by Gasteiger charge is 2.27. The summed E-state index contributed by atoms with van der Waals surface area (Å²) in [6, 6.07) is 9.75. The molecule has 0 saturated carbocycles. The topological polar surface area (TPSA) is 178 Å². The van der Waals surface area contributed by atoms with Crippen LogP contribution in [0.1, 0.15) is 24.0 Å². The number of ether oxygens (including phenoxy) is 1. The summed E-state index contributed by atoms with van der Waals surface area (Å²) in [5.41, 5.74) is 2.70. The van der Waals surface area contributed by atoms with Gasteiger partial charge >= 0.3 is 24.0 Å². The van der Waals surface area contributed by atoms with Gasteiger partial charge in [-0.15, -0.1) is 0 Å². The number of carbonyl (C=O) groups excluding carboxylic acids is 3. The Morgan fingerprint density at radius 2 is 1.60 bits per heavy atom. The predicted molar refractivity (Wildman–Crippen MR) is 145 cm³/mol. The molecule has 1 aliphatic rings. The van der Waals surface area contributed by atoms with Crippen LogP contribution >= 0.6 is 0 Å². The van der Waals surface area contributed by atoms with E-state index in [0.717, 1.165) is 5.56 Å². The zero-order valence-corrected chi connectivity index (χ0v) is 22.3. The van der Waals surface area contributed by atoms with E-state index in [1.807, 2.05) is 25.1 Å². The zero-order valence-electron chi connectivity index (χ0n) is 22.3. The molecule has 13 nitrogen and oxygen atoms in total. The largest absolute Gasteiger partial charge is 0.495 e. The number of hydrogen-bond donors (Lipinski definition) is 5. The summed E-state index contributed by atoms with van der Waals surface area (Å²) in [6.45, 7) is 2.97. The van der Waals surface area contributed by atoms with E-state index in [9.17, 15) is 24.0 Å². The van der Waals surface area contributed by atoms with Crippen molar-refractivity contribution < 1.29 is 38.9 Å². The minimum absolute atomic E-state index is 0.0674. The average molecular weight is 556 g/mol. The molecule has 214 valence electrons. The van der Waals surface area contributed by atoms with Crippen molar-refractivity contribution in [1.29, 1.82) is 0 Å². The Hall–Kier alpha value is -4.81. The minimum atomic E-state index is -1.55. The molecule has 5 amide bonds. The van der Waals surface area contributed by atoms with Gasteiger partial charge in [-0.3, -0.25) is 9.59 Å². The van der Waals surface area contributed by atoms with Gasteiger partial charge in [0.15, 0.2) is 0 Å². The lowest BCUT2D eigenvalue weighted by atomic mass is 10.1. The number of benzene rings is 2. The number of carbonyl (C=O) groups is 5. The Labute approximate surface area is 231 Å². The minimum Gasteiger partial charge on any atom is -0.495 e. The van der Waals surface area contributed by atoms with E-state index in [-0.39, 0.29) is 32.0 Å². The van der Waals surface area contributed by atoms with Gasteiger partial charge in [-0.1, -0.05) is 24.3 Å². The lowest BCUT2D eigenvalue weighted by molar-refractivity contribution is -0.145. The molecular weight excluding hydrogens is 522 g/mol. The number of methoxy groups -OCH3 is 1. The molecule has 2 aromatic rings. The summed E-state index contributed by atoms with van der Waals surface area (Å²) in [4.78, 5) is 63.2. The van der Waals surface area contributed by atoms with Crippen LogP contribution in [0.5, 0.6) is 5.75 Å². The monoisotopic (exact) mass is 555 g/mol. The molecule has 1 atom stereocenters. The van der Waals surface area contributed by atoms with E-state index >= 15 is 0 Å². The third-order valence-electron chi connectivity index (χ3n) is 6.37. The number of hydrogen-bond acceptors (Lipinski definition) is 6. The van der Waals surface area contributed by atoms with Crippen molar-refractivity contribution >= 4 is 41.3 Å². The molecule has 1 saturated heterocycles. The normalized spacial score (nSPS) is 13.9. The van der Waals surface area contributed by atoms with Crippen LogP contribution < -0.4 is 20.7 Å². The van der Waals surface area contributed by atoms with Crippen LogP contribution in [-0.2, 0) is 20.8 Å². The van der Waals surface area contributed by atoms with E-state index in [2.05, 4.69) is 16.0 Å². The molecular formula is C27H33N5O8. The quantitative estimate of drug-likeness (QED) is 0.313. The Bertz CT molecular complexity index is 1270. The molecule has 1 unspecified atom stereocenters. The van der Waals surface area contributed by atoms with Crippen molar-refractivity contribution in [2.24, 2.45) is 0 Å². The van der Waals surface area contributed by atoms with Gasteiger partial charge in [-0.05, 0) is 42.7 Å². The first kappa shape index (κ1) is 29.7. The summed E-state index contributed by atoms with van der Waals surface area (Å²) >= 11 is 0. The van der Waals surface area contributed by atoms with Gasteiger partial charge in [0.1, 0.15) is 11.8 Å². The maximum absolute atomic E-state index is 13.0. The number of amides is 5. The molecule has 1 heterocycles. The fourth-order valence-corrected chi connectivity index (χ4v) is 4.21. The van der Waals surface area contributed by atoms with Crippen molar-refractivity contribution in [3.05, 3.63) is 53.6 Å². The highest BCUT2D eigenvalue weighted by Crippen LogP contribution is 2.26. The first-order valence-corrected chi connectivity index (χ1v) is 12.7. The third-order valence-corrected chi connectivity index (χ3v) is 6.37. The third kappa shape index (κ3) is 8.35. The molecule has 1 fully saturated rings. The standard InChI is InChI=1S/C27H33N5O8/c1-17-6-3-4-7-19(17)28-26(38)29-20-9-8-18(14-22(20)40-2)15-23(33)31-10-5-11-32(13-12-31)27(39)30-21(25(36)37)16-24(34)35/h3-4,6-9,14,21H,5,10-13,15-16H2,1-2H3,(H,30,39)(H,34,35)(H,36,37)(H2,28,29,38). The Balaban J connectivity index is 1.56. The van der Waals surface area contributed by atoms with Crippen LogP contribution in [0.4, 0.5) is 21.0 Å². The van der Waals surface area contributed by atoms with Crippen LogP contribution in [0.15, 0.2) is 42.5 Å². The molecule has 0 radical (unpaired) electrons. The van der Waals surface area contributed by atoms with Crippen LogP contribution in [0.2, 0.25) is 0 Å². The van der Waals surface area contributed by atoms with Crippen LogP contribution in [0.3, 0.4) is 0 Å². The second kappa shape index (κ2) is 13.8. The second-order valence-corrected chi connectivity index (χ2v) is 9.27. The lowest BCUT2D eigenvalue weighted by Crippen LogP contribution is -2.49. The highest BCUT2D eigenvalue weighted by molar-refractivity contribution is 6.01. The van der Waals surface area contributed by atoms with Crippen LogP contribution in [-0.4, -0.2) is 89.3 Å². The van der Waals surface area contributed by atoms with E-state index in [0.29, 0.717) is 35.7 Å². The van der Waals surface area contributed by atoms with Crippen molar-refractivity contribution in [3.8, 4) is 5.75 Å². The average Bonchev–Trinajstić information content (AvgIpc) is 3.17. The molecule has 13 heteroatoms. The van der Waals surface area contributed by atoms with Gasteiger partial charge in [0, 0.05) is 31.9 Å². The lowest BCUT2D eigenvalue weighted by Gasteiger charge is -2.24. The van der Waals surface area contributed by atoms with Gasteiger partial charge in [-0.25, -0.2) is 14.4 Å². The SMILES string of the molecule is COc1cc(CC(=O)N2CCCN(C(=O)NC(CC(=O)O)C(=O)O)CC2)ccc1NC(=O)Nc1ccccc1C. The van der Waals surface area contributed by atoms with E-state index in [4.69, 9.17) is 14.9 Å². The maximum Gasteiger partial charge on any atom is 0.326 e. The molecule has 1 aliphatic heterocycles. The van der Waals surface area contributed by atoms with Crippen molar-refractivity contribution in [1.82, 2.24) is 15.1 Å². The molecule has 5 N–H and O–H groups in total. The fourth-order valence-electron chi connectivity index (χ4n) is 4.21. The van der Waals surface area contributed by atoms with E-state index in [1.54, 1.807) is 29.2 Å². The summed E-state index contributed by atoms with van der Waals surface area (Å²) in [5.74, 6) is -2.56. The predicted octanol–water partition coefficient (Wildman–Crippen LogP) is 2.36. The smallest absolute Gasteiger partial charge is 0.326 e. The summed E-state index contributed by atoms with van der Waals surface area (Å²) in [6.07, 6.45) is -0.204. The summed E-state index contributed by atoms with van der Waals surface area (Å²) < 4.78 is 5.42. The van der Waals surface area contributed by atoms with Gasteiger partial charge in [0.2, 0.25) is 5.91 Å². The number of anilines is 2. The number of urea groups is 2. The number of carboxylic acids is 2. The summed E-state index contributed by atoms with van der Waals surface area (Å²) in [5, 5.41) is 25.8. The van der Waals surface area contributed by atoms with Crippen molar-refractivity contribution in [2.45, 2.75) is 32.2 Å². The number of nitrogens with one attached hydrogen (secondary N) is 3. The molecule has 3 rings (SSSR count). The molecule has 0 bridgehead atoms. The first-order chi connectivity index (χ1) is 19.1. The van der Waals surface area contributed by atoms with E-state index < -0.39 is 36.5 Å². The molecule has 2 aromatic carbocycles. The fraction of sp³-hybridized carbons (Fsp3) is 0.370. The number of nitrogens with zero attached hydrogens (tertiary/aromatic N) is 2. The highest BCUT2D eigenvalue weighted by atomic mass is 16.5. The number of para-hydroxylation sites is 1. The van der Waals surface area contributed by atoms with Crippen molar-refractivity contribution in [2.75, 3.05) is 43.9 Å². The number of aliphatic carboxylic acids is 2. The molecule has 40 heavy (non-hydrogen) atoms. The van der Waals surface area contributed by atoms with Crippen molar-refractivity contribution in [3.63, 3.8) is 0 Å². The second-order valence-electron chi connectivity index (χ2n) is 9.27. The Morgan fingerprint density at radius 1 is 0.925 bits per heavy atom. The Morgan fingerprint density at radius 3 is 2.27 bits per heavy atom. The molecule has 0 spiro atoms.